The van der Waals surface area contributed by atoms with Crippen LogP contribution in [0, 0.1) is 17.8 Å². The maximum atomic E-state index is 13.7. The zero-order chi connectivity index (χ0) is 22.3. The molecule has 0 unspecified atom stereocenters. The van der Waals surface area contributed by atoms with Gasteiger partial charge in [0.05, 0.1) is 5.41 Å². The van der Waals surface area contributed by atoms with Crippen LogP contribution in [0.3, 0.4) is 0 Å². The van der Waals surface area contributed by atoms with Crippen molar-refractivity contribution in [2.75, 3.05) is 44.2 Å². The Morgan fingerprint density at radius 3 is 2.38 bits per heavy atom. The molecule has 0 bridgehead atoms. The summed E-state index contributed by atoms with van der Waals surface area (Å²) in [5, 5.41) is 0. The molecule has 7 nitrogen and oxygen atoms in total. The molecule has 1 aromatic heterocycles. The van der Waals surface area contributed by atoms with E-state index in [9.17, 15) is 9.59 Å². The minimum atomic E-state index is -0.417. The van der Waals surface area contributed by atoms with Gasteiger partial charge in [-0.2, -0.15) is 0 Å². The highest BCUT2D eigenvalue weighted by molar-refractivity contribution is 5.95. The van der Waals surface area contributed by atoms with Gasteiger partial charge in [-0.05, 0) is 50.8 Å². The summed E-state index contributed by atoms with van der Waals surface area (Å²) >= 11 is 0. The number of benzene rings is 1. The standard InChI is InChI=1S/C25H31N5O2/c1-3-28-16-11-25(22(28)32)18-30(23-26-12-6-13-27-23)17-24(25)9-14-29(15-10-24)21(31)20-8-5-4-7-19(20)2/h4-8,12-13H,3,9-11,14-18H2,1-2H3/t25-/m0/s1. The van der Waals surface area contributed by atoms with Crippen LogP contribution in [0.4, 0.5) is 5.95 Å². The van der Waals surface area contributed by atoms with E-state index in [0.29, 0.717) is 25.6 Å². The molecule has 2 aromatic rings. The zero-order valence-electron chi connectivity index (χ0n) is 19.0. The molecule has 32 heavy (non-hydrogen) atoms. The zero-order valence-corrected chi connectivity index (χ0v) is 19.0. The van der Waals surface area contributed by atoms with Crippen molar-refractivity contribution in [3.63, 3.8) is 0 Å². The van der Waals surface area contributed by atoms with Crippen molar-refractivity contribution in [2.24, 2.45) is 10.8 Å². The lowest BCUT2D eigenvalue weighted by molar-refractivity contribution is -0.141. The van der Waals surface area contributed by atoms with Crippen LogP contribution in [0.2, 0.25) is 0 Å². The van der Waals surface area contributed by atoms with Crippen molar-refractivity contribution in [2.45, 2.75) is 33.1 Å². The van der Waals surface area contributed by atoms with Crippen LogP contribution in [0.5, 0.6) is 0 Å². The summed E-state index contributed by atoms with van der Waals surface area (Å²) in [5.74, 6) is 1.07. The number of hydrogen-bond donors (Lipinski definition) is 0. The van der Waals surface area contributed by atoms with Crippen LogP contribution in [0.25, 0.3) is 0 Å². The lowest BCUT2D eigenvalue weighted by Crippen LogP contribution is -2.53. The predicted octanol–water partition coefficient (Wildman–Crippen LogP) is 2.77. The fraction of sp³-hybridized carbons (Fsp3) is 0.520. The molecule has 7 heteroatoms. The van der Waals surface area contributed by atoms with Gasteiger partial charge < -0.3 is 14.7 Å². The maximum Gasteiger partial charge on any atom is 0.254 e. The highest BCUT2D eigenvalue weighted by Crippen LogP contribution is 2.58. The third kappa shape index (κ3) is 3.09. The Morgan fingerprint density at radius 2 is 1.72 bits per heavy atom. The van der Waals surface area contributed by atoms with Crippen LogP contribution in [-0.4, -0.2) is 70.9 Å². The van der Waals surface area contributed by atoms with Gasteiger partial charge in [0.1, 0.15) is 0 Å². The summed E-state index contributed by atoms with van der Waals surface area (Å²) in [4.78, 5) is 42.0. The number of carbonyl (C=O) groups is 2. The number of aryl methyl sites for hydroxylation is 1. The van der Waals surface area contributed by atoms with Gasteiger partial charge in [0.2, 0.25) is 11.9 Å². The monoisotopic (exact) mass is 433 g/mol. The van der Waals surface area contributed by atoms with Crippen molar-refractivity contribution in [1.29, 1.82) is 0 Å². The topological polar surface area (TPSA) is 69.6 Å². The van der Waals surface area contributed by atoms with Gasteiger partial charge in [-0.25, -0.2) is 9.97 Å². The molecule has 0 saturated carbocycles. The summed E-state index contributed by atoms with van der Waals surface area (Å²) in [6, 6.07) is 9.60. The maximum absolute atomic E-state index is 13.7. The third-order valence-corrected chi connectivity index (χ3v) is 8.07. The molecule has 3 fully saturated rings. The molecule has 0 radical (unpaired) electrons. The van der Waals surface area contributed by atoms with Crippen molar-refractivity contribution in [3.05, 3.63) is 53.9 Å². The van der Waals surface area contributed by atoms with Gasteiger partial charge in [0.25, 0.3) is 5.91 Å². The summed E-state index contributed by atoms with van der Waals surface area (Å²) in [6.07, 6.45) is 6.06. The summed E-state index contributed by atoms with van der Waals surface area (Å²) < 4.78 is 0. The molecule has 3 aliphatic heterocycles. The molecule has 1 atom stereocenters. The predicted molar refractivity (Wildman–Crippen MR) is 122 cm³/mol. The number of piperidine rings is 1. The Bertz CT molecular complexity index is 1020. The number of fused-ring (bicyclic) bond motifs is 1. The molecule has 5 rings (SSSR count). The van der Waals surface area contributed by atoms with E-state index in [4.69, 9.17) is 0 Å². The second-order valence-corrected chi connectivity index (χ2v) is 9.51. The Morgan fingerprint density at radius 1 is 1.00 bits per heavy atom. The minimum absolute atomic E-state index is 0.0983. The molecular formula is C25H31N5O2. The van der Waals surface area contributed by atoms with Crippen molar-refractivity contribution >= 4 is 17.8 Å². The smallest absolute Gasteiger partial charge is 0.254 e. The number of anilines is 1. The molecule has 4 heterocycles. The number of amides is 2. The van der Waals surface area contributed by atoms with Crippen LogP contribution in [0.1, 0.15) is 42.1 Å². The van der Waals surface area contributed by atoms with Crippen molar-refractivity contribution in [3.8, 4) is 0 Å². The molecule has 0 N–H and O–H groups in total. The molecule has 2 spiro atoms. The largest absolute Gasteiger partial charge is 0.342 e. The summed E-state index contributed by atoms with van der Waals surface area (Å²) in [5.41, 5.74) is 1.21. The quantitative estimate of drug-likeness (QED) is 0.745. The molecule has 3 aliphatic rings. The van der Waals surface area contributed by atoms with Gasteiger partial charge >= 0.3 is 0 Å². The molecule has 1 aromatic carbocycles. The number of likely N-dealkylation sites (tertiary alicyclic amines) is 2. The molecule has 0 aliphatic carbocycles. The fourth-order valence-electron chi connectivity index (χ4n) is 6.20. The second-order valence-electron chi connectivity index (χ2n) is 9.51. The normalized spacial score (nSPS) is 24.7. The van der Waals surface area contributed by atoms with E-state index in [2.05, 4.69) is 21.8 Å². The van der Waals surface area contributed by atoms with E-state index < -0.39 is 5.41 Å². The molecule has 3 saturated heterocycles. The van der Waals surface area contributed by atoms with Gasteiger partial charge in [-0.1, -0.05) is 18.2 Å². The number of aromatic nitrogens is 2. The number of carbonyl (C=O) groups excluding carboxylic acids is 2. The first-order valence-electron chi connectivity index (χ1n) is 11.7. The number of nitrogens with zero attached hydrogens (tertiary/aromatic N) is 5. The first kappa shape index (κ1) is 20.9. The van der Waals surface area contributed by atoms with Gasteiger partial charge in [0.15, 0.2) is 0 Å². The summed E-state index contributed by atoms with van der Waals surface area (Å²) in [6.45, 7) is 8.39. The Labute approximate surface area is 189 Å². The van der Waals surface area contributed by atoms with Crippen LogP contribution in [0.15, 0.2) is 42.7 Å². The van der Waals surface area contributed by atoms with Crippen molar-refractivity contribution < 1.29 is 9.59 Å². The molecular weight excluding hydrogens is 402 g/mol. The van der Waals surface area contributed by atoms with Crippen LogP contribution < -0.4 is 4.90 Å². The van der Waals surface area contributed by atoms with Crippen molar-refractivity contribution in [1.82, 2.24) is 19.8 Å². The van der Waals surface area contributed by atoms with E-state index in [1.807, 2.05) is 47.1 Å². The lowest BCUT2D eigenvalue weighted by Gasteiger charge is -2.46. The average Bonchev–Trinajstić information content (AvgIpc) is 3.32. The van der Waals surface area contributed by atoms with Crippen LogP contribution >= 0.6 is 0 Å². The SMILES string of the molecule is CCN1CC[C@]2(CN(c3ncccn3)CC23CCN(C(=O)c2ccccc2C)CC3)C1=O. The van der Waals surface area contributed by atoms with E-state index in [0.717, 1.165) is 50.0 Å². The Balaban J connectivity index is 1.42. The van der Waals surface area contributed by atoms with E-state index in [1.165, 1.54) is 0 Å². The first-order chi connectivity index (χ1) is 15.5. The molecule has 168 valence electrons. The number of rotatable bonds is 3. The third-order valence-electron chi connectivity index (χ3n) is 8.07. The van der Waals surface area contributed by atoms with Gasteiger partial charge in [0, 0.05) is 62.6 Å². The second kappa shape index (κ2) is 7.87. The lowest BCUT2D eigenvalue weighted by atomic mass is 9.60. The van der Waals surface area contributed by atoms with E-state index in [1.54, 1.807) is 12.4 Å². The first-order valence-corrected chi connectivity index (χ1v) is 11.7. The summed E-state index contributed by atoms with van der Waals surface area (Å²) in [7, 11) is 0. The average molecular weight is 434 g/mol. The van der Waals surface area contributed by atoms with Gasteiger partial charge in [-0.15, -0.1) is 0 Å². The number of hydrogen-bond acceptors (Lipinski definition) is 5. The highest BCUT2D eigenvalue weighted by Gasteiger charge is 2.65. The highest BCUT2D eigenvalue weighted by atomic mass is 16.2. The Kier molecular flexibility index (Phi) is 5.14. The van der Waals surface area contributed by atoms with Crippen LogP contribution in [-0.2, 0) is 4.79 Å². The minimum Gasteiger partial charge on any atom is -0.342 e. The Hall–Kier alpha value is -2.96. The van der Waals surface area contributed by atoms with Gasteiger partial charge in [-0.3, -0.25) is 9.59 Å². The molecule has 2 amide bonds. The van der Waals surface area contributed by atoms with E-state index >= 15 is 0 Å². The fourth-order valence-corrected chi connectivity index (χ4v) is 6.20. The van der Waals surface area contributed by atoms with E-state index in [-0.39, 0.29) is 17.2 Å².